The molecule has 5 heteroatoms. The second-order valence-electron chi connectivity index (χ2n) is 5.20. The van der Waals surface area contributed by atoms with Gasteiger partial charge in [0.05, 0.1) is 12.8 Å². The molecule has 0 bridgehead atoms. The van der Waals surface area contributed by atoms with Crippen molar-refractivity contribution in [1.82, 2.24) is 15.1 Å². The average molecular weight is 275 g/mol. The molecule has 1 aliphatic rings. The van der Waals surface area contributed by atoms with Crippen molar-refractivity contribution >= 4 is 0 Å². The van der Waals surface area contributed by atoms with Gasteiger partial charge >= 0.3 is 0 Å². The van der Waals surface area contributed by atoms with Crippen LogP contribution in [0.1, 0.15) is 22.5 Å². The van der Waals surface area contributed by atoms with E-state index < -0.39 is 0 Å². The topological polar surface area (TPSA) is 41.1 Å². The van der Waals surface area contributed by atoms with E-state index in [1.807, 2.05) is 13.0 Å². The van der Waals surface area contributed by atoms with Crippen LogP contribution >= 0.6 is 0 Å². The highest BCUT2D eigenvalue weighted by Gasteiger charge is 2.20. The number of benzene rings is 1. The first-order valence-corrected chi connectivity index (χ1v) is 6.75. The van der Waals surface area contributed by atoms with Crippen molar-refractivity contribution in [2.45, 2.75) is 26.4 Å². The molecule has 0 spiro atoms. The quantitative estimate of drug-likeness (QED) is 0.935. The minimum Gasteiger partial charge on any atom is -0.494 e. The van der Waals surface area contributed by atoms with Gasteiger partial charge in [-0.2, -0.15) is 5.10 Å². The first-order chi connectivity index (χ1) is 9.67. The molecular weight excluding hydrogens is 257 g/mol. The number of hydrogen-bond acceptors (Lipinski definition) is 3. The lowest BCUT2D eigenvalue weighted by molar-refractivity contribution is 0.243. The van der Waals surface area contributed by atoms with Gasteiger partial charge in [-0.3, -0.25) is 10.00 Å². The molecule has 1 aliphatic heterocycles. The summed E-state index contributed by atoms with van der Waals surface area (Å²) in [7, 11) is 1.48. The fourth-order valence-electron chi connectivity index (χ4n) is 2.69. The second-order valence-corrected chi connectivity index (χ2v) is 5.20. The van der Waals surface area contributed by atoms with Gasteiger partial charge in [0.15, 0.2) is 11.6 Å². The van der Waals surface area contributed by atoms with E-state index in [2.05, 4.69) is 15.1 Å². The number of rotatable bonds is 3. The molecule has 0 aliphatic carbocycles. The summed E-state index contributed by atoms with van der Waals surface area (Å²) in [4.78, 5) is 2.31. The van der Waals surface area contributed by atoms with Crippen LogP contribution in [0.25, 0.3) is 0 Å². The Kier molecular flexibility index (Phi) is 3.44. The Morgan fingerprint density at radius 3 is 3.05 bits per heavy atom. The number of ether oxygens (including phenoxy) is 1. The van der Waals surface area contributed by atoms with Crippen LogP contribution in [-0.2, 0) is 19.5 Å². The van der Waals surface area contributed by atoms with Gasteiger partial charge in [-0.25, -0.2) is 4.39 Å². The fraction of sp³-hybridized carbons (Fsp3) is 0.400. The number of aromatic nitrogens is 2. The molecule has 4 nitrogen and oxygen atoms in total. The Morgan fingerprint density at radius 1 is 1.45 bits per heavy atom. The molecule has 1 N–H and O–H groups in total. The van der Waals surface area contributed by atoms with Crippen LogP contribution in [-0.4, -0.2) is 28.8 Å². The van der Waals surface area contributed by atoms with E-state index in [9.17, 15) is 4.39 Å². The molecular formula is C15H18FN3O. The van der Waals surface area contributed by atoms with E-state index in [4.69, 9.17) is 4.74 Å². The van der Waals surface area contributed by atoms with Crippen LogP contribution in [0.4, 0.5) is 4.39 Å². The lowest BCUT2D eigenvalue weighted by Gasteiger charge is -2.26. The number of fused-ring (bicyclic) bond motifs is 1. The summed E-state index contributed by atoms with van der Waals surface area (Å²) in [6.45, 7) is 4.60. The molecule has 0 unspecified atom stereocenters. The Hall–Kier alpha value is -1.88. The van der Waals surface area contributed by atoms with Crippen LogP contribution in [0.2, 0.25) is 0 Å². The first kappa shape index (κ1) is 13.1. The Balaban J connectivity index is 1.73. The molecule has 1 aromatic heterocycles. The summed E-state index contributed by atoms with van der Waals surface area (Å²) < 4.78 is 18.6. The lowest BCUT2D eigenvalue weighted by atomic mass is 10.0. The number of hydrogen-bond donors (Lipinski definition) is 1. The summed E-state index contributed by atoms with van der Waals surface area (Å²) in [6, 6.07) is 5.15. The van der Waals surface area contributed by atoms with Gasteiger partial charge in [0.1, 0.15) is 0 Å². The minimum absolute atomic E-state index is 0.292. The van der Waals surface area contributed by atoms with Crippen LogP contribution in [0.5, 0.6) is 5.75 Å². The molecule has 0 amide bonds. The van der Waals surface area contributed by atoms with Gasteiger partial charge in [-0.15, -0.1) is 0 Å². The maximum Gasteiger partial charge on any atom is 0.165 e. The largest absolute Gasteiger partial charge is 0.494 e. The summed E-state index contributed by atoms with van der Waals surface area (Å²) in [5.74, 6) is -0.0115. The molecule has 0 atom stereocenters. The number of halogens is 1. The third-order valence-corrected chi connectivity index (χ3v) is 3.83. The highest BCUT2D eigenvalue weighted by molar-refractivity contribution is 5.30. The minimum atomic E-state index is -0.304. The van der Waals surface area contributed by atoms with E-state index in [1.165, 1.54) is 18.4 Å². The van der Waals surface area contributed by atoms with Gasteiger partial charge in [0, 0.05) is 37.3 Å². The van der Waals surface area contributed by atoms with E-state index in [0.29, 0.717) is 5.75 Å². The third kappa shape index (κ3) is 2.41. The second kappa shape index (κ2) is 5.25. The van der Waals surface area contributed by atoms with Gasteiger partial charge in [0.25, 0.3) is 0 Å². The highest BCUT2D eigenvalue weighted by atomic mass is 19.1. The van der Waals surface area contributed by atoms with Crippen molar-refractivity contribution in [2.75, 3.05) is 13.7 Å². The lowest BCUT2D eigenvalue weighted by Crippen LogP contribution is -2.30. The monoisotopic (exact) mass is 275 g/mol. The molecule has 0 saturated heterocycles. The average Bonchev–Trinajstić information content (AvgIpc) is 2.81. The molecule has 2 heterocycles. The zero-order valence-corrected chi connectivity index (χ0v) is 11.7. The third-order valence-electron chi connectivity index (χ3n) is 3.83. The molecule has 0 fully saturated rings. The van der Waals surface area contributed by atoms with E-state index >= 15 is 0 Å². The number of H-pyrrole nitrogens is 1. The van der Waals surface area contributed by atoms with E-state index in [1.54, 1.807) is 12.1 Å². The van der Waals surface area contributed by atoms with Crippen molar-refractivity contribution in [1.29, 1.82) is 0 Å². The SMILES string of the molecule is COc1ccc(CN2CCc3n[nH]c(C)c3C2)cc1F. The number of aryl methyl sites for hydroxylation is 1. The number of methoxy groups -OCH3 is 1. The Bertz CT molecular complexity index is 624. The van der Waals surface area contributed by atoms with Crippen LogP contribution in [0, 0.1) is 12.7 Å². The van der Waals surface area contributed by atoms with Crippen molar-refractivity contribution in [2.24, 2.45) is 0 Å². The zero-order valence-electron chi connectivity index (χ0n) is 11.7. The summed E-state index contributed by atoms with van der Waals surface area (Å²) in [6.07, 6.45) is 0.943. The molecule has 0 saturated carbocycles. The van der Waals surface area contributed by atoms with E-state index in [-0.39, 0.29) is 5.82 Å². The van der Waals surface area contributed by atoms with Crippen LogP contribution in [0.3, 0.4) is 0 Å². The van der Waals surface area contributed by atoms with E-state index in [0.717, 1.165) is 37.3 Å². The standard InChI is InChI=1S/C15H18FN3O/c1-10-12-9-19(6-5-14(12)18-17-10)8-11-3-4-15(20-2)13(16)7-11/h3-4,7H,5-6,8-9H2,1-2H3,(H,17,18). The maximum absolute atomic E-state index is 13.7. The fourth-order valence-corrected chi connectivity index (χ4v) is 2.69. The van der Waals surface area contributed by atoms with Gasteiger partial charge in [-0.1, -0.05) is 6.07 Å². The van der Waals surface area contributed by atoms with Crippen molar-refractivity contribution in [3.8, 4) is 5.75 Å². The molecule has 3 rings (SSSR count). The molecule has 1 aromatic carbocycles. The molecule has 106 valence electrons. The van der Waals surface area contributed by atoms with Crippen molar-refractivity contribution < 1.29 is 9.13 Å². The molecule has 20 heavy (non-hydrogen) atoms. The Morgan fingerprint density at radius 2 is 2.30 bits per heavy atom. The van der Waals surface area contributed by atoms with Crippen molar-refractivity contribution in [3.05, 3.63) is 46.5 Å². The number of nitrogens with one attached hydrogen (secondary N) is 1. The highest BCUT2D eigenvalue weighted by Crippen LogP contribution is 2.23. The summed E-state index contributed by atoms with van der Waals surface area (Å²) >= 11 is 0. The smallest absolute Gasteiger partial charge is 0.165 e. The van der Waals surface area contributed by atoms with Crippen LogP contribution < -0.4 is 4.74 Å². The zero-order chi connectivity index (χ0) is 14.1. The molecule has 0 radical (unpaired) electrons. The van der Waals surface area contributed by atoms with Gasteiger partial charge in [-0.05, 0) is 24.6 Å². The Labute approximate surface area is 117 Å². The first-order valence-electron chi connectivity index (χ1n) is 6.75. The van der Waals surface area contributed by atoms with Gasteiger partial charge in [0.2, 0.25) is 0 Å². The number of nitrogens with zero attached hydrogens (tertiary/aromatic N) is 2. The number of aromatic amines is 1. The van der Waals surface area contributed by atoms with Crippen LogP contribution in [0.15, 0.2) is 18.2 Å². The predicted molar refractivity (Wildman–Crippen MR) is 74.1 cm³/mol. The summed E-state index contributed by atoms with van der Waals surface area (Å²) in [5, 5.41) is 7.34. The summed E-state index contributed by atoms with van der Waals surface area (Å²) in [5.41, 5.74) is 4.54. The maximum atomic E-state index is 13.7. The van der Waals surface area contributed by atoms with Crippen molar-refractivity contribution in [3.63, 3.8) is 0 Å². The predicted octanol–water partition coefficient (Wildman–Crippen LogP) is 2.42. The molecule has 2 aromatic rings. The van der Waals surface area contributed by atoms with Gasteiger partial charge < -0.3 is 4.74 Å². The normalized spacial score (nSPS) is 15.2.